The standard InChI is InChI=1S/C14H17FN2O2/c1-9(18)10-4-6-11(7-5-10)17-14(19)13-12(15)3-2-8-16-13/h2-3,8,10-11H,4-7H2,1H3,(H,17,19). The topological polar surface area (TPSA) is 59.1 Å². The van der Waals surface area contributed by atoms with E-state index >= 15 is 0 Å². The van der Waals surface area contributed by atoms with Gasteiger partial charge in [0.15, 0.2) is 11.5 Å². The number of hydrogen-bond donors (Lipinski definition) is 1. The Morgan fingerprint density at radius 2 is 2.00 bits per heavy atom. The Bertz CT molecular complexity index is 482. The van der Waals surface area contributed by atoms with E-state index in [-0.39, 0.29) is 23.4 Å². The Labute approximate surface area is 111 Å². The third-order valence-electron chi connectivity index (χ3n) is 3.61. The summed E-state index contributed by atoms with van der Waals surface area (Å²) in [6.45, 7) is 1.60. The molecule has 1 N–H and O–H groups in total. The molecule has 0 spiro atoms. The van der Waals surface area contributed by atoms with Gasteiger partial charge in [0, 0.05) is 18.2 Å². The molecule has 1 aliphatic carbocycles. The number of Topliss-reactive ketones (excluding diaryl/α,β-unsaturated/α-hetero) is 1. The summed E-state index contributed by atoms with van der Waals surface area (Å²) in [4.78, 5) is 26.9. The molecular weight excluding hydrogens is 247 g/mol. The minimum atomic E-state index is -0.613. The van der Waals surface area contributed by atoms with Crippen molar-refractivity contribution in [2.75, 3.05) is 0 Å². The van der Waals surface area contributed by atoms with E-state index in [1.807, 2.05) is 0 Å². The number of ketones is 1. The van der Waals surface area contributed by atoms with Crippen molar-refractivity contribution in [3.63, 3.8) is 0 Å². The summed E-state index contributed by atoms with van der Waals surface area (Å²) in [5, 5.41) is 2.78. The molecule has 1 aliphatic rings. The lowest BCUT2D eigenvalue weighted by molar-refractivity contribution is -0.121. The highest BCUT2D eigenvalue weighted by molar-refractivity contribution is 5.92. The fourth-order valence-corrected chi connectivity index (χ4v) is 2.45. The number of hydrogen-bond acceptors (Lipinski definition) is 3. The monoisotopic (exact) mass is 264 g/mol. The normalized spacial score (nSPS) is 22.8. The lowest BCUT2D eigenvalue weighted by atomic mass is 9.84. The van der Waals surface area contributed by atoms with Gasteiger partial charge in [0.1, 0.15) is 5.78 Å². The minimum absolute atomic E-state index is 0.00417. The fourth-order valence-electron chi connectivity index (χ4n) is 2.45. The highest BCUT2D eigenvalue weighted by Gasteiger charge is 2.25. The molecule has 5 heteroatoms. The van der Waals surface area contributed by atoms with Gasteiger partial charge in [-0.25, -0.2) is 9.37 Å². The molecular formula is C14H17FN2O2. The summed E-state index contributed by atoms with van der Waals surface area (Å²) in [5.41, 5.74) is -0.170. The van der Waals surface area contributed by atoms with E-state index in [1.54, 1.807) is 6.92 Å². The van der Waals surface area contributed by atoms with Gasteiger partial charge in [-0.3, -0.25) is 9.59 Å². The van der Waals surface area contributed by atoms with Crippen LogP contribution in [0.5, 0.6) is 0 Å². The fraction of sp³-hybridized carbons (Fsp3) is 0.500. The molecule has 0 unspecified atom stereocenters. The number of pyridine rings is 1. The van der Waals surface area contributed by atoms with Gasteiger partial charge >= 0.3 is 0 Å². The van der Waals surface area contributed by atoms with E-state index in [2.05, 4.69) is 10.3 Å². The number of nitrogens with one attached hydrogen (secondary N) is 1. The second-order valence-corrected chi connectivity index (χ2v) is 4.97. The number of rotatable bonds is 3. The average molecular weight is 264 g/mol. The number of amides is 1. The molecule has 0 atom stereocenters. The van der Waals surface area contributed by atoms with Crippen LogP contribution in [0.25, 0.3) is 0 Å². The Kier molecular flexibility index (Phi) is 4.24. The van der Waals surface area contributed by atoms with E-state index in [4.69, 9.17) is 0 Å². The summed E-state index contributed by atoms with van der Waals surface area (Å²) in [5.74, 6) is -0.776. The Morgan fingerprint density at radius 3 is 2.58 bits per heavy atom. The molecule has 2 rings (SSSR count). The first-order valence-corrected chi connectivity index (χ1v) is 6.49. The number of carbonyl (C=O) groups is 2. The molecule has 1 amide bonds. The van der Waals surface area contributed by atoms with E-state index in [0.717, 1.165) is 25.7 Å². The second kappa shape index (κ2) is 5.91. The van der Waals surface area contributed by atoms with Crippen LogP contribution in [-0.2, 0) is 4.79 Å². The third-order valence-corrected chi connectivity index (χ3v) is 3.61. The third kappa shape index (κ3) is 3.36. The summed E-state index contributed by atoms with van der Waals surface area (Å²) in [6, 6.07) is 2.67. The summed E-state index contributed by atoms with van der Waals surface area (Å²) < 4.78 is 13.4. The second-order valence-electron chi connectivity index (χ2n) is 4.97. The summed E-state index contributed by atoms with van der Waals surface area (Å²) in [6.07, 6.45) is 4.47. The summed E-state index contributed by atoms with van der Waals surface area (Å²) >= 11 is 0. The van der Waals surface area contributed by atoms with Crippen molar-refractivity contribution in [3.8, 4) is 0 Å². The maximum absolute atomic E-state index is 13.4. The van der Waals surface area contributed by atoms with Crippen LogP contribution in [0.15, 0.2) is 18.3 Å². The lowest BCUT2D eigenvalue weighted by Gasteiger charge is -2.27. The molecule has 1 aromatic heterocycles. The van der Waals surface area contributed by atoms with E-state index in [0.29, 0.717) is 0 Å². The molecule has 1 saturated carbocycles. The minimum Gasteiger partial charge on any atom is -0.348 e. The number of nitrogens with zero attached hydrogens (tertiary/aromatic N) is 1. The highest BCUT2D eigenvalue weighted by atomic mass is 19.1. The van der Waals surface area contributed by atoms with Crippen LogP contribution in [0.2, 0.25) is 0 Å². The van der Waals surface area contributed by atoms with Crippen molar-refractivity contribution in [1.82, 2.24) is 10.3 Å². The van der Waals surface area contributed by atoms with E-state index in [9.17, 15) is 14.0 Å². The van der Waals surface area contributed by atoms with Crippen molar-refractivity contribution in [2.45, 2.75) is 38.6 Å². The number of halogens is 1. The first kappa shape index (κ1) is 13.6. The van der Waals surface area contributed by atoms with Crippen LogP contribution in [0.3, 0.4) is 0 Å². The molecule has 1 fully saturated rings. The smallest absolute Gasteiger partial charge is 0.273 e. The van der Waals surface area contributed by atoms with Gasteiger partial charge in [-0.15, -0.1) is 0 Å². The average Bonchev–Trinajstić information content (AvgIpc) is 2.39. The molecule has 19 heavy (non-hydrogen) atoms. The van der Waals surface area contributed by atoms with Crippen LogP contribution in [0.1, 0.15) is 43.1 Å². The van der Waals surface area contributed by atoms with Crippen molar-refractivity contribution in [3.05, 3.63) is 29.8 Å². The Morgan fingerprint density at radius 1 is 1.32 bits per heavy atom. The van der Waals surface area contributed by atoms with Crippen LogP contribution in [0, 0.1) is 11.7 Å². The predicted molar refractivity (Wildman–Crippen MR) is 68.1 cm³/mol. The maximum Gasteiger partial charge on any atom is 0.273 e. The summed E-state index contributed by atoms with van der Waals surface area (Å²) in [7, 11) is 0. The van der Waals surface area contributed by atoms with Gasteiger partial charge in [-0.1, -0.05) is 0 Å². The molecule has 1 aromatic rings. The van der Waals surface area contributed by atoms with Crippen LogP contribution < -0.4 is 5.32 Å². The largest absolute Gasteiger partial charge is 0.348 e. The zero-order valence-electron chi connectivity index (χ0n) is 10.9. The Hall–Kier alpha value is -1.78. The highest BCUT2D eigenvalue weighted by Crippen LogP contribution is 2.25. The van der Waals surface area contributed by atoms with Gasteiger partial charge in [0.2, 0.25) is 0 Å². The van der Waals surface area contributed by atoms with Gasteiger partial charge in [-0.2, -0.15) is 0 Å². The van der Waals surface area contributed by atoms with Gasteiger partial charge < -0.3 is 5.32 Å². The van der Waals surface area contributed by atoms with Crippen LogP contribution in [-0.4, -0.2) is 22.7 Å². The van der Waals surface area contributed by atoms with Crippen molar-refractivity contribution in [1.29, 1.82) is 0 Å². The number of aromatic nitrogens is 1. The molecule has 4 nitrogen and oxygen atoms in total. The van der Waals surface area contributed by atoms with Gasteiger partial charge in [-0.05, 0) is 44.7 Å². The molecule has 0 aromatic carbocycles. The Balaban J connectivity index is 1.91. The molecule has 0 radical (unpaired) electrons. The molecule has 1 heterocycles. The maximum atomic E-state index is 13.4. The van der Waals surface area contributed by atoms with Crippen LogP contribution >= 0.6 is 0 Å². The zero-order valence-corrected chi connectivity index (χ0v) is 10.9. The molecule has 0 saturated heterocycles. The van der Waals surface area contributed by atoms with E-state index in [1.165, 1.54) is 18.3 Å². The molecule has 102 valence electrons. The van der Waals surface area contributed by atoms with Crippen molar-refractivity contribution in [2.24, 2.45) is 5.92 Å². The first-order chi connectivity index (χ1) is 9.08. The van der Waals surface area contributed by atoms with Gasteiger partial charge in [0.05, 0.1) is 0 Å². The quantitative estimate of drug-likeness (QED) is 0.909. The molecule has 0 bridgehead atoms. The molecule has 0 aliphatic heterocycles. The predicted octanol–water partition coefficient (Wildman–Crippen LogP) is 2.10. The first-order valence-electron chi connectivity index (χ1n) is 6.49. The van der Waals surface area contributed by atoms with Crippen molar-refractivity contribution >= 4 is 11.7 Å². The lowest BCUT2D eigenvalue weighted by Crippen LogP contribution is -2.39. The van der Waals surface area contributed by atoms with Crippen LogP contribution in [0.4, 0.5) is 4.39 Å². The number of carbonyl (C=O) groups excluding carboxylic acids is 2. The zero-order chi connectivity index (χ0) is 13.8. The van der Waals surface area contributed by atoms with E-state index < -0.39 is 11.7 Å². The SMILES string of the molecule is CC(=O)C1CCC(NC(=O)c2ncccc2F)CC1. The van der Waals surface area contributed by atoms with Gasteiger partial charge in [0.25, 0.3) is 5.91 Å². The van der Waals surface area contributed by atoms with Crippen molar-refractivity contribution < 1.29 is 14.0 Å².